The zero-order chi connectivity index (χ0) is 20.6. The number of carbonyl (C=O) groups is 1. The summed E-state index contributed by atoms with van der Waals surface area (Å²) in [5.74, 6) is -0.689. The van der Waals surface area contributed by atoms with Gasteiger partial charge in [0.05, 0.1) is 27.9 Å². The van der Waals surface area contributed by atoms with Crippen molar-refractivity contribution in [1.82, 2.24) is 14.8 Å². The van der Waals surface area contributed by atoms with Gasteiger partial charge < -0.3 is 5.32 Å². The molecule has 0 saturated heterocycles. The molecule has 0 fully saturated rings. The van der Waals surface area contributed by atoms with Crippen LogP contribution in [-0.2, 0) is 9.84 Å². The Morgan fingerprint density at radius 2 is 1.93 bits per heavy atom. The van der Waals surface area contributed by atoms with Crippen LogP contribution in [0, 0.1) is 10.1 Å². The molecule has 28 heavy (non-hydrogen) atoms. The lowest BCUT2D eigenvalue weighted by atomic mass is 10.2. The van der Waals surface area contributed by atoms with Crippen molar-refractivity contribution in [2.45, 2.75) is 24.8 Å². The van der Waals surface area contributed by atoms with Crippen LogP contribution in [0.3, 0.4) is 0 Å². The Hall–Kier alpha value is -3.34. The van der Waals surface area contributed by atoms with Gasteiger partial charge >= 0.3 is 0 Å². The fraction of sp³-hybridized carbons (Fsp3) is 0.235. The Kier molecular flexibility index (Phi) is 4.86. The minimum Gasteiger partial charge on any atom is -0.321 e. The summed E-state index contributed by atoms with van der Waals surface area (Å²) in [7, 11) is -3.73. The Morgan fingerprint density at radius 3 is 2.54 bits per heavy atom. The summed E-state index contributed by atoms with van der Waals surface area (Å²) in [5, 5.41) is 18.6. The first kappa shape index (κ1) is 19.4. The lowest BCUT2D eigenvalue weighted by Crippen LogP contribution is -2.13. The molecule has 0 spiro atoms. The second kappa shape index (κ2) is 7.00. The molecule has 1 N–H and O–H groups in total. The maximum atomic E-state index is 12.5. The number of nitrogens with one attached hydrogen (secondary N) is 1. The normalized spacial score (nSPS) is 11.7. The van der Waals surface area contributed by atoms with Crippen molar-refractivity contribution in [2.75, 3.05) is 11.6 Å². The number of rotatable bonds is 5. The minimum absolute atomic E-state index is 0.115. The van der Waals surface area contributed by atoms with Crippen molar-refractivity contribution in [2.24, 2.45) is 0 Å². The van der Waals surface area contributed by atoms with E-state index in [0.717, 1.165) is 24.5 Å². The van der Waals surface area contributed by atoms with E-state index in [1.54, 1.807) is 16.9 Å². The fourth-order valence-corrected chi connectivity index (χ4v) is 3.30. The highest BCUT2D eigenvalue weighted by Crippen LogP contribution is 2.23. The summed E-state index contributed by atoms with van der Waals surface area (Å²) in [6.07, 6.45) is 3.97. The van der Waals surface area contributed by atoms with Crippen molar-refractivity contribution < 1.29 is 18.1 Å². The highest BCUT2D eigenvalue weighted by Gasteiger charge is 2.19. The van der Waals surface area contributed by atoms with E-state index in [9.17, 15) is 23.3 Å². The molecule has 2 heterocycles. The van der Waals surface area contributed by atoms with Crippen LogP contribution in [0.1, 0.15) is 30.2 Å². The molecule has 0 aliphatic carbocycles. The number of hydrogen-bond acceptors (Lipinski definition) is 7. The lowest BCUT2D eigenvalue weighted by molar-refractivity contribution is -0.385. The molecule has 0 saturated carbocycles. The molecule has 11 heteroatoms. The van der Waals surface area contributed by atoms with Crippen LogP contribution in [0.2, 0.25) is 0 Å². The Labute approximate surface area is 160 Å². The predicted octanol–water partition coefficient (Wildman–Crippen LogP) is 2.58. The molecule has 0 unspecified atom stereocenters. The van der Waals surface area contributed by atoms with Gasteiger partial charge in [0.15, 0.2) is 15.5 Å². The first-order valence-electron chi connectivity index (χ1n) is 8.20. The molecule has 10 nitrogen and oxygen atoms in total. The number of aromatic nitrogens is 3. The SMILES string of the molecule is CC(C)n1ncc2cc(NC(=O)c3cc([N+](=O)[O-])cc(S(C)(=O)=O)c3)cnc21. The van der Waals surface area contributed by atoms with Gasteiger partial charge in [-0.15, -0.1) is 0 Å². The summed E-state index contributed by atoms with van der Waals surface area (Å²) in [6.45, 7) is 3.93. The zero-order valence-electron chi connectivity index (χ0n) is 15.3. The number of pyridine rings is 1. The molecule has 3 rings (SSSR count). The van der Waals surface area contributed by atoms with E-state index in [1.165, 1.54) is 6.20 Å². The van der Waals surface area contributed by atoms with Gasteiger partial charge in [-0.2, -0.15) is 5.10 Å². The van der Waals surface area contributed by atoms with E-state index in [1.807, 2.05) is 13.8 Å². The summed E-state index contributed by atoms with van der Waals surface area (Å²) in [5.41, 5.74) is 0.378. The van der Waals surface area contributed by atoms with E-state index >= 15 is 0 Å². The third kappa shape index (κ3) is 3.83. The largest absolute Gasteiger partial charge is 0.321 e. The number of hydrogen-bond donors (Lipinski definition) is 1. The Morgan fingerprint density at radius 1 is 1.21 bits per heavy atom. The van der Waals surface area contributed by atoms with Gasteiger partial charge in [0.2, 0.25) is 0 Å². The van der Waals surface area contributed by atoms with Gasteiger partial charge in [-0.3, -0.25) is 14.9 Å². The second-order valence-electron chi connectivity index (χ2n) is 6.52. The van der Waals surface area contributed by atoms with E-state index < -0.39 is 26.4 Å². The van der Waals surface area contributed by atoms with Crippen LogP contribution >= 0.6 is 0 Å². The van der Waals surface area contributed by atoms with Crippen LogP contribution in [0.5, 0.6) is 0 Å². The molecular weight excluding hydrogens is 386 g/mol. The van der Waals surface area contributed by atoms with E-state index in [2.05, 4.69) is 15.4 Å². The van der Waals surface area contributed by atoms with E-state index in [-0.39, 0.29) is 16.5 Å². The van der Waals surface area contributed by atoms with Gasteiger partial charge in [0.25, 0.3) is 11.6 Å². The van der Waals surface area contributed by atoms with Crippen molar-refractivity contribution >= 4 is 38.2 Å². The number of amides is 1. The van der Waals surface area contributed by atoms with Crippen LogP contribution in [0.15, 0.2) is 41.6 Å². The van der Waals surface area contributed by atoms with Crippen molar-refractivity contribution in [3.05, 3.63) is 52.3 Å². The first-order valence-corrected chi connectivity index (χ1v) is 10.1. The quantitative estimate of drug-likeness (QED) is 0.510. The minimum atomic E-state index is -3.73. The standard InChI is InChI=1S/C17H17N5O5S/c1-10(2)21-16-12(8-19-21)4-13(9-18-16)20-17(23)11-5-14(22(24)25)7-15(6-11)28(3,26)27/h4-10H,1-3H3,(H,20,23). The molecule has 0 radical (unpaired) electrons. The average molecular weight is 403 g/mol. The zero-order valence-corrected chi connectivity index (χ0v) is 16.1. The average Bonchev–Trinajstić information content (AvgIpc) is 3.04. The van der Waals surface area contributed by atoms with Gasteiger partial charge in [0, 0.05) is 35.4 Å². The third-order valence-electron chi connectivity index (χ3n) is 3.97. The lowest BCUT2D eigenvalue weighted by Gasteiger charge is -2.08. The predicted molar refractivity (Wildman–Crippen MR) is 102 cm³/mol. The number of nitro groups is 1. The first-order chi connectivity index (χ1) is 13.1. The number of non-ortho nitro benzene ring substituents is 1. The maximum Gasteiger partial charge on any atom is 0.271 e. The molecule has 1 aromatic carbocycles. The molecule has 0 aliphatic heterocycles. The van der Waals surface area contributed by atoms with Gasteiger partial charge in [0.1, 0.15) is 0 Å². The Bertz CT molecular complexity index is 1200. The molecule has 0 bridgehead atoms. The van der Waals surface area contributed by atoms with Crippen molar-refractivity contribution in [3.8, 4) is 0 Å². The second-order valence-corrected chi connectivity index (χ2v) is 8.53. The number of nitrogens with zero attached hydrogens (tertiary/aromatic N) is 4. The van der Waals surface area contributed by atoms with Crippen LogP contribution in [0.25, 0.3) is 11.0 Å². The fourth-order valence-electron chi connectivity index (χ4n) is 2.62. The molecule has 0 atom stereocenters. The maximum absolute atomic E-state index is 12.5. The van der Waals surface area contributed by atoms with Crippen molar-refractivity contribution in [3.63, 3.8) is 0 Å². The van der Waals surface area contributed by atoms with Gasteiger partial charge in [-0.1, -0.05) is 0 Å². The topological polar surface area (TPSA) is 137 Å². The molecular formula is C17H17N5O5S. The number of benzene rings is 1. The molecule has 2 aromatic heterocycles. The van der Waals surface area contributed by atoms with E-state index in [4.69, 9.17) is 0 Å². The Balaban J connectivity index is 1.95. The van der Waals surface area contributed by atoms with Crippen LogP contribution in [-0.4, -0.2) is 40.3 Å². The smallest absolute Gasteiger partial charge is 0.271 e. The van der Waals surface area contributed by atoms with Crippen LogP contribution in [0.4, 0.5) is 11.4 Å². The number of anilines is 1. The number of carbonyl (C=O) groups excluding carboxylic acids is 1. The van der Waals surface area contributed by atoms with Crippen LogP contribution < -0.4 is 5.32 Å². The van der Waals surface area contributed by atoms with Gasteiger partial charge in [-0.25, -0.2) is 18.1 Å². The number of fused-ring (bicyclic) bond motifs is 1. The molecule has 0 aliphatic rings. The summed E-state index contributed by atoms with van der Waals surface area (Å²) >= 11 is 0. The highest BCUT2D eigenvalue weighted by atomic mass is 32.2. The number of nitro benzene ring substituents is 1. The number of sulfone groups is 1. The summed E-state index contributed by atoms with van der Waals surface area (Å²) in [4.78, 5) is 26.9. The third-order valence-corrected chi connectivity index (χ3v) is 5.06. The summed E-state index contributed by atoms with van der Waals surface area (Å²) in [6, 6.07) is 4.82. The molecule has 1 amide bonds. The van der Waals surface area contributed by atoms with Crippen molar-refractivity contribution in [1.29, 1.82) is 0 Å². The summed E-state index contributed by atoms with van der Waals surface area (Å²) < 4.78 is 25.3. The molecule has 3 aromatic rings. The highest BCUT2D eigenvalue weighted by molar-refractivity contribution is 7.90. The van der Waals surface area contributed by atoms with E-state index in [0.29, 0.717) is 16.7 Å². The monoisotopic (exact) mass is 403 g/mol. The molecule has 146 valence electrons. The van der Waals surface area contributed by atoms with Gasteiger partial charge in [-0.05, 0) is 26.0 Å².